The summed E-state index contributed by atoms with van der Waals surface area (Å²) >= 11 is 12.7. The minimum Gasteiger partial charge on any atom is -0.370 e. The number of hydrogen-bond acceptors (Lipinski definition) is 3. The largest absolute Gasteiger partial charge is 0.370 e. The first kappa shape index (κ1) is 15.4. The minimum atomic E-state index is -0.228. The summed E-state index contributed by atoms with van der Waals surface area (Å²) in [6.45, 7) is 1.35. The first-order chi connectivity index (χ1) is 11.2. The van der Waals surface area contributed by atoms with Gasteiger partial charge in [0, 0.05) is 21.2 Å². The molecule has 5 heteroatoms. The molecule has 2 fully saturated rings. The third kappa shape index (κ3) is 3.39. The molecule has 0 radical (unpaired) electrons. The predicted molar refractivity (Wildman–Crippen MR) is 89.0 cm³/mol. The van der Waals surface area contributed by atoms with Gasteiger partial charge in [0.05, 0.1) is 13.2 Å². The highest BCUT2D eigenvalue weighted by molar-refractivity contribution is 6.31. The maximum absolute atomic E-state index is 6.41. The Kier molecular flexibility index (Phi) is 4.31. The zero-order valence-electron chi connectivity index (χ0n) is 12.3. The van der Waals surface area contributed by atoms with Crippen molar-refractivity contribution in [3.05, 3.63) is 69.7 Å². The summed E-state index contributed by atoms with van der Waals surface area (Å²) in [6.07, 6.45) is -0.402. The van der Waals surface area contributed by atoms with Gasteiger partial charge in [-0.2, -0.15) is 0 Å². The Morgan fingerprint density at radius 3 is 1.52 bits per heavy atom. The van der Waals surface area contributed by atoms with Crippen LogP contribution >= 0.6 is 23.2 Å². The Labute approximate surface area is 145 Å². The van der Waals surface area contributed by atoms with E-state index in [-0.39, 0.29) is 24.4 Å². The van der Waals surface area contributed by atoms with Crippen molar-refractivity contribution >= 4 is 23.2 Å². The van der Waals surface area contributed by atoms with Gasteiger partial charge < -0.3 is 14.2 Å². The van der Waals surface area contributed by atoms with Crippen LogP contribution in [0, 0.1) is 0 Å². The SMILES string of the molecule is Clc1ccccc1C(OC(c1ccccc1Cl)C1CO1)C1CO1. The molecular formula is C18H16Cl2O3. The summed E-state index contributed by atoms with van der Waals surface area (Å²) in [7, 11) is 0. The second-order valence-corrected chi connectivity index (χ2v) is 6.58. The van der Waals surface area contributed by atoms with Crippen molar-refractivity contribution in [2.75, 3.05) is 13.2 Å². The van der Waals surface area contributed by atoms with Crippen LogP contribution in [0.5, 0.6) is 0 Å². The van der Waals surface area contributed by atoms with Gasteiger partial charge in [0.25, 0.3) is 0 Å². The zero-order valence-corrected chi connectivity index (χ0v) is 13.8. The molecule has 2 aromatic rings. The van der Waals surface area contributed by atoms with Crippen LogP contribution in [0.25, 0.3) is 0 Å². The van der Waals surface area contributed by atoms with Crippen molar-refractivity contribution < 1.29 is 14.2 Å². The second kappa shape index (κ2) is 6.42. The van der Waals surface area contributed by atoms with Gasteiger partial charge in [0.1, 0.15) is 24.4 Å². The van der Waals surface area contributed by atoms with Crippen molar-refractivity contribution in [3.8, 4) is 0 Å². The normalized spacial score (nSPS) is 25.0. The van der Waals surface area contributed by atoms with E-state index >= 15 is 0 Å². The van der Waals surface area contributed by atoms with Gasteiger partial charge in [0.2, 0.25) is 0 Å². The third-order valence-electron chi connectivity index (χ3n) is 4.11. The van der Waals surface area contributed by atoms with E-state index < -0.39 is 0 Å². The van der Waals surface area contributed by atoms with Crippen LogP contribution in [0.4, 0.5) is 0 Å². The van der Waals surface area contributed by atoms with Crippen molar-refractivity contribution in [1.82, 2.24) is 0 Å². The molecule has 4 atom stereocenters. The van der Waals surface area contributed by atoms with Crippen LogP contribution in [0.2, 0.25) is 10.0 Å². The van der Waals surface area contributed by atoms with Gasteiger partial charge in [-0.05, 0) is 12.1 Å². The number of halogens is 2. The lowest BCUT2D eigenvalue weighted by atomic mass is 10.0. The highest BCUT2D eigenvalue weighted by atomic mass is 35.5. The van der Waals surface area contributed by atoms with Gasteiger partial charge in [-0.3, -0.25) is 0 Å². The number of hydrogen-bond donors (Lipinski definition) is 0. The first-order valence-corrected chi connectivity index (χ1v) is 8.37. The van der Waals surface area contributed by atoms with Crippen LogP contribution < -0.4 is 0 Å². The fourth-order valence-electron chi connectivity index (χ4n) is 2.75. The molecule has 0 aliphatic carbocycles. The van der Waals surface area contributed by atoms with Crippen LogP contribution in [-0.2, 0) is 14.2 Å². The van der Waals surface area contributed by atoms with Crippen molar-refractivity contribution in [2.24, 2.45) is 0 Å². The Bertz CT molecular complexity index is 639. The van der Waals surface area contributed by atoms with E-state index in [0.717, 1.165) is 11.1 Å². The summed E-state index contributed by atoms with van der Waals surface area (Å²) < 4.78 is 17.4. The maximum atomic E-state index is 6.41. The van der Waals surface area contributed by atoms with Crippen molar-refractivity contribution in [2.45, 2.75) is 24.4 Å². The van der Waals surface area contributed by atoms with E-state index in [2.05, 4.69) is 0 Å². The fourth-order valence-corrected chi connectivity index (χ4v) is 3.24. The molecule has 120 valence electrons. The molecule has 0 saturated carbocycles. The predicted octanol–water partition coefficient (Wildman–Crippen LogP) is 4.59. The minimum absolute atomic E-state index is 0.0265. The van der Waals surface area contributed by atoms with Crippen molar-refractivity contribution in [1.29, 1.82) is 0 Å². The summed E-state index contributed by atoms with van der Waals surface area (Å²) in [5, 5.41) is 1.37. The molecule has 2 aliphatic rings. The molecule has 3 nitrogen and oxygen atoms in total. The van der Waals surface area contributed by atoms with Crippen LogP contribution in [0.15, 0.2) is 48.5 Å². The maximum Gasteiger partial charge on any atom is 0.113 e. The Morgan fingerprint density at radius 1 is 0.783 bits per heavy atom. The third-order valence-corrected chi connectivity index (χ3v) is 4.80. The first-order valence-electron chi connectivity index (χ1n) is 7.61. The Balaban J connectivity index is 1.65. The van der Waals surface area contributed by atoms with Gasteiger partial charge in [-0.15, -0.1) is 0 Å². The van der Waals surface area contributed by atoms with E-state index in [4.69, 9.17) is 37.4 Å². The fraction of sp³-hybridized carbons (Fsp3) is 0.333. The topological polar surface area (TPSA) is 34.3 Å². The molecule has 0 aromatic heterocycles. The Morgan fingerprint density at radius 2 is 1.17 bits per heavy atom. The molecule has 2 aliphatic heterocycles. The molecule has 2 saturated heterocycles. The van der Waals surface area contributed by atoms with Crippen molar-refractivity contribution in [3.63, 3.8) is 0 Å². The summed E-state index contributed by atoms with van der Waals surface area (Å²) in [4.78, 5) is 0. The second-order valence-electron chi connectivity index (χ2n) is 5.76. The zero-order chi connectivity index (χ0) is 15.8. The van der Waals surface area contributed by atoms with Crippen LogP contribution in [0.3, 0.4) is 0 Å². The lowest BCUT2D eigenvalue weighted by Crippen LogP contribution is -2.19. The number of rotatable bonds is 6. The van der Waals surface area contributed by atoms with Gasteiger partial charge in [0.15, 0.2) is 0 Å². The monoisotopic (exact) mass is 350 g/mol. The molecule has 2 heterocycles. The van der Waals surface area contributed by atoms with Gasteiger partial charge in [-0.25, -0.2) is 0 Å². The van der Waals surface area contributed by atoms with E-state index in [9.17, 15) is 0 Å². The molecule has 0 N–H and O–H groups in total. The average molecular weight is 351 g/mol. The number of ether oxygens (including phenoxy) is 3. The van der Waals surface area contributed by atoms with E-state index in [0.29, 0.717) is 23.3 Å². The number of epoxide rings is 2. The lowest BCUT2D eigenvalue weighted by Gasteiger charge is -2.25. The molecule has 0 spiro atoms. The summed E-state index contributed by atoms with van der Waals surface area (Å²) in [5.41, 5.74) is 1.88. The lowest BCUT2D eigenvalue weighted by molar-refractivity contribution is -0.0418. The summed E-state index contributed by atoms with van der Waals surface area (Å²) in [5.74, 6) is 0. The van der Waals surface area contributed by atoms with Crippen LogP contribution in [0.1, 0.15) is 23.3 Å². The van der Waals surface area contributed by atoms with Gasteiger partial charge >= 0.3 is 0 Å². The molecule has 0 bridgehead atoms. The molecule has 0 amide bonds. The highest BCUT2D eigenvalue weighted by Gasteiger charge is 2.43. The van der Waals surface area contributed by atoms with E-state index in [1.54, 1.807) is 0 Å². The van der Waals surface area contributed by atoms with Gasteiger partial charge in [-0.1, -0.05) is 59.6 Å². The summed E-state index contributed by atoms with van der Waals surface area (Å²) in [6, 6.07) is 15.4. The average Bonchev–Trinajstić information content (AvgIpc) is 3.44. The van der Waals surface area contributed by atoms with Crippen LogP contribution in [-0.4, -0.2) is 25.4 Å². The van der Waals surface area contributed by atoms with E-state index in [1.165, 1.54) is 0 Å². The van der Waals surface area contributed by atoms with E-state index in [1.807, 2.05) is 48.5 Å². The standard InChI is InChI=1S/C18H16Cl2O3/c19-13-7-3-1-5-11(13)17(15-9-21-15)23-18(16-10-22-16)12-6-2-4-8-14(12)20/h1-8,15-18H,9-10H2. The number of benzene rings is 2. The molecule has 23 heavy (non-hydrogen) atoms. The smallest absolute Gasteiger partial charge is 0.113 e. The molecule has 4 rings (SSSR count). The molecule has 4 unspecified atom stereocenters. The Hall–Kier alpha value is -1.10. The molecule has 2 aromatic carbocycles. The molecular weight excluding hydrogens is 335 g/mol. The highest BCUT2D eigenvalue weighted by Crippen LogP contribution is 2.43. The quantitative estimate of drug-likeness (QED) is 0.714.